The molecule has 1 unspecified atom stereocenters. The molecule has 2 aliphatic rings. The number of sulfonamides is 1. The molecule has 1 atom stereocenters. The predicted octanol–water partition coefficient (Wildman–Crippen LogP) is 6.74. The molecule has 0 saturated carbocycles. The average Bonchev–Trinajstić information content (AvgIpc) is 2.87. The first-order valence-corrected chi connectivity index (χ1v) is 14.6. The van der Waals surface area contributed by atoms with E-state index in [9.17, 15) is 8.42 Å². The molecule has 0 N–H and O–H groups in total. The monoisotopic (exact) mass is 558 g/mol. The van der Waals surface area contributed by atoms with Crippen LogP contribution in [0, 0.1) is 5.92 Å². The number of benzene rings is 2. The zero-order valence-corrected chi connectivity index (χ0v) is 23.2. The van der Waals surface area contributed by atoms with E-state index in [0.717, 1.165) is 53.6 Å². The second-order valence-electron chi connectivity index (χ2n) is 9.62. The number of nitrogens with zero attached hydrogens (tertiary/aromatic N) is 2. The van der Waals surface area contributed by atoms with E-state index in [0.29, 0.717) is 23.7 Å². The molecule has 1 fully saturated rings. The van der Waals surface area contributed by atoms with Crippen molar-refractivity contribution in [2.24, 2.45) is 5.92 Å². The van der Waals surface area contributed by atoms with Crippen LogP contribution in [0.4, 0.5) is 11.4 Å². The third-order valence-corrected chi connectivity index (χ3v) is 9.37. The smallest absolute Gasteiger partial charge is 0.264 e. The zero-order valence-electron chi connectivity index (χ0n) is 20.8. The molecule has 1 saturated heterocycles. The second kappa shape index (κ2) is 10.9. The minimum atomic E-state index is -3.78. The predicted molar refractivity (Wildman–Crippen MR) is 149 cm³/mol. The van der Waals surface area contributed by atoms with Gasteiger partial charge in [-0.25, -0.2) is 8.42 Å². The van der Waals surface area contributed by atoms with E-state index in [1.54, 1.807) is 10.4 Å². The van der Waals surface area contributed by atoms with Gasteiger partial charge in [-0.05, 0) is 82.9 Å². The van der Waals surface area contributed by atoms with Gasteiger partial charge in [0.15, 0.2) is 0 Å². The highest BCUT2D eigenvalue weighted by atomic mass is 79.9. The summed E-state index contributed by atoms with van der Waals surface area (Å²) in [6.45, 7) is 11.9. The van der Waals surface area contributed by atoms with Gasteiger partial charge >= 0.3 is 0 Å². The maximum Gasteiger partial charge on any atom is 0.264 e. The first-order valence-electron chi connectivity index (χ1n) is 12.4. The van der Waals surface area contributed by atoms with Crippen LogP contribution in [0.1, 0.15) is 51.2 Å². The van der Waals surface area contributed by atoms with Crippen LogP contribution in [0.5, 0.6) is 0 Å². The normalized spacial score (nSPS) is 18.5. The molecule has 4 rings (SSSR count). The summed E-state index contributed by atoms with van der Waals surface area (Å²) < 4.78 is 36.7. The van der Waals surface area contributed by atoms with Gasteiger partial charge in [-0.1, -0.05) is 51.6 Å². The Morgan fingerprint density at radius 2 is 1.94 bits per heavy atom. The molecule has 5 nitrogen and oxygen atoms in total. The average molecular weight is 560 g/mol. The number of halogens is 1. The summed E-state index contributed by atoms with van der Waals surface area (Å²) in [6, 6.07) is 13.3. The van der Waals surface area contributed by atoms with E-state index in [2.05, 4.69) is 34.3 Å². The quantitative estimate of drug-likeness (QED) is 0.360. The molecular formula is C28H35BrN2O3S. The highest BCUT2D eigenvalue weighted by molar-refractivity contribution is 9.15. The van der Waals surface area contributed by atoms with E-state index < -0.39 is 10.0 Å². The molecule has 2 aromatic carbocycles. The van der Waals surface area contributed by atoms with Crippen molar-refractivity contribution in [2.45, 2.75) is 57.6 Å². The molecule has 2 aromatic rings. The molecule has 2 aliphatic heterocycles. The van der Waals surface area contributed by atoms with Crippen molar-refractivity contribution in [2.75, 3.05) is 28.9 Å². The first kappa shape index (κ1) is 26.0. The van der Waals surface area contributed by atoms with Crippen molar-refractivity contribution in [1.82, 2.24) is 0 Å². The SMILES string of the molecule is C=CC1=C(Br)c2ccc(S(=O)(=O)N(CC(C)C)c3ccc(CC)cc3)cc2N(C2CCCCO2)C1. The summed E-state index contributed by atoms with van der Waals surface area (Å²) in [7, 11) is -3.78. The summed E-state index contributed by atoms with van der Waals surface area (Å²) in [5.41, 5.74) is 4.78. The van der Waals surface area contributed by atoms with Crippen LogP contribution in [0.3, 0.4) is 0 Å². The molecule has 188 valence electrons. The van der Waals surface area contributed by atoms with Crippen LogP contribution in [0.15, 0.2) is 65.6 Å². The lowest BCUT2D eigenvalue weighted by Crippen LogP contribution is -2.42. The summed E-state index contributed by atoms with van der Waals surface area (Å²) in [6.07, 6.45) is 5.76. The molecule has 0 spiro atoms. The van der Waals surface area contributed by atoms with Crippen molar-refractivity contribution < 1.29 is 13.2 Å². The maximum atomic E-state index is 14.0. The lowest BCUT2D eigenvalue weighted by atomic mass is 10.0. The highest BCUT2D eigenvalue weighted by Crippen LogP contribution is 2.42. The van der Waals surface area contributed by atoms with Crippen LogP contribution in [-0.2, 0) is 21.2 Å². The molecule has 7 heteroatoms. The van der Waals surface area contributed by atoms with E-state index in [1.807, 2.05) is 56.3 Å². The lowest BCUT2D eigenvalue weighted by Gasteiger charge is -2.40. The molecule has 0 radical (unpaired) electrons. The van der Waals surface area contributed by atoms with Gasteiger partial charge in [0.1, 0.15) is 6.23 Å². The minimum Gasteiger partial charge on any atom is -0.358 e. The molecule has 0 bridgehead atoms. The Labute approximate surface area is 218 Å². The Kier molecular flexibility index (Phi) is 8.09. The topological polar surface area (TPSA) is 49.9 Å². The molecule has 35 heavy (non-hydrogen) atoms. The maximum absolute atomic E-state index is 14.0. The van der Waals surface area contributed by atoms with Gasteiger partial charge in [-0.15, -0.1) is 0 Å². The van der Waals surface area contributed by atoms with Gasteiger partial charge in [0.05, 0.1) is 10.6 Å². The largest absolute Gasteiger partial charge is 0.358 e. The van der Waals surface area contributed by atoms with Crippen LogP contribution < -0.4 is 9.21 Å². The number of ether oxygens (including phenoxy) is 1. The van der Waals surface area contributed by atoms with Gasteiger partial charge in [0.25, 0.3) is 10.0 Å². The Bertz CT molecular complexity index is 1200. The third-order valence-electron chi connectivity index (χ3n) is 6.64. The van der Waals surface area contributed by atoms with E-state index in [4.69, 9.17) is 4.74 Å². The fourth-order valence-electron chi connectivity index (χ4n) is 4.69. The number of hydrogen-bond acceptors (Lipinski definition) is 4. The summed E-state index contributed by atoms with van der Waals surface area (Å²) in [5.74, 6) is 0.174. The summed E-state index contributed by atoms with van der Waals surface area (Å²) in [4.78, 5) is 2.48. The Hall–Kier alpha value is -2.09. The molecule has 2 heterocycles. The Balaban J connectivity index is 1.79. The molecular weight excluding hydrogens is 524 g/mol. The molecule has 0 aliphatic carbocycles. The van der Waals surface area contributed by atoms with Crippen LogP contribution in [0.25, 0.3) is 4.48 Å². The van der Waals surface area contributed by atoms with Gasteiger partial charge in [-0.3, -0.25) is 4.31 Å². The van der Waals surface area contributed by atoms with Crippen molar-refractivity contribution in [3.8, 4) is 0 Å². The zero-order chi connectivity index (χ0) is 25.2. The van der Waals surface area contributed by atoms with Crippen molar-refractivity contribution in [1.29, 1.82) is 0 Å². The second-order valence-corrected chi connectivity index (χ2v) is 12.3. The third kappa shape index (κ3) is 5.37. The van der Waals surface area contributed by atoms with Crippen molar-refractivity contribution in [3.05, 3.63) is 71.8 Å². The van der Waals surface area contributed by atoms with Crippen LogP contribution >= 0.6 is 15.9 Å². The Morgan fingerprint density at radius 1 is 1.20 bits per heavy atom. The molecule has 0 aromatic heterocycles. The summed E-state index contributed by atoms with van der Waals surface area (Å²) >= 11 is 3.73. The molecule has 0 amide bonds. The standard InChI is InChI=1S/C28H35BrN2O3S/c1-5-21-10-12-23(13-11-21)31(18-20(3)4)35(32,33)24-14-15-25-26(17-24)30(19-22(6-2)28(25)29)27-9-7-8-16-34-27/h6,10-15,17,20,27H,2,5,7-9,16,18-19H2,1,3-4H3. The van der Waals surface area contributed by atoms with E-state index >= 15 is 0 Å². The lowest BCUT2D eigenvalue weighted by molar-refractivity contribution is 0.0152. The fourth-order valence-corrected chi connectivity index (χ4v) is 6.96. The van der Waals surface area contributed by atoms with Gasteiger partial charge in [0.2, 0.25) is 0 Å². The van der Waals surface area contributed by atoms with Gasteiger partial charge < -0.3 is 9.64 Å². The fraction of sp³-hybridized carbons (Fsp3) is 0.429. The van der Waals surface area contributed by atoms with E-state index in [1.165, 1.54) is 5.56 Å². The highest BCUT2D eigenvalue weighted by Gasteiger charge is 2.32. The van der Waals surface area contributed by atoms with Crippen LogP contribution in [-0.4, -0.2) is 34.3 Å². The number of fused-ring (bicyclic) bond motifs is 1. The Morgan fingerprint density at radius 3 is 2.54 bits per heavy atom. The number of rotatable bonds is 8. The summed E-state index contributed by atoms with van der Waals surface area (Å²) in [5, 5.41) is 0. The van der Waals surface area contributed by atoms with Crippen molar-refractivity contribution >= 4 is 41.8 Å². The van der Waals surface area contributed by atoms with Gasteiger partial charge in [0, 0.05) is 35.4 Å². The van der Waals surface area contributed by atoms with Crippen LogP contribution in [0.2, 0.25) is 0 Å². The number of hydrogen-bond donors (Lipinski definition) is 0. The number of aryl methyl sites for hydroxylation is 1. The first-order chi connectivity index (χ1) is 16.8. The van der Waals surface area contributed by atoms with Gasteiger partial charge in [-0.2, -0.15) is 0 Å². The number of anilines is 2. The minimum absolute atomic E-state index is 0.0793. The van der Waals surface area contributed by atoms with Crippen molar-refractivity contribution in [3.63, 3.8) is 0 Å². The van der Waals surface area contributed by atoms with E-state index in [-0.39, 0.29) is 12.1 Å².